The molecule has 0 aliphatic heterocycles. The molecule has 0 fully saturated rings. The van der Waals surface area contributed by atoms with Crippen LogP contribution in [0.4, 0.5) is 0 Å². The molecule has 0 aliphatic rings. The zero-order valence-electron chi connectivity index (χ0n) is 7.24. The second-order valence-electron chi connectivity index (χ2n) is 2.63. The van der Waals surface area contributed by atoms with Crippen LogP contribution in [0.25, 0.3) is 0 Å². The number of aliphatic carboxylic acids is 1. The monoisotopic (exact) mass is 198 g/mol. The lowest BCUT2D eigenvalue weighted by Gasteiger charge is -1.90. The van der Waals surface area contributed by atoms with E-state index in [-0.39, 0.29) is 6.42 Å². The van der Waals surface area contributed by atoms with Gasteiger partial charge in [0.05, 0.1) is 6.42 Å². The molecule has 0 saturated carbocycles. The van der Waals surface area contributed by atoms with Crippen molar-refractivity contribution >= 4 is 23.1 Å². The highest BCUT2D eigenvalue weighted by molar-refractivity contribution is 7.12. The lowest BCUT2D eigenvalue weighted by molar-refractivity contribution is -0.148. The van der Waals surface area contributed by atoms with Crippen LogP contribution in [0.1, 0.15) is 16.7 Å². The van der Waals surface area contributed by atoms with Crippen LogP contribution in [-0.4, -0.2) is 16.9 Å². The Morgan fingerprint density at radius 3 is 2.46 bits per heavy atom. The van der Waals surface area contributed by atoms with Crippen LogP contribution < -0.4 is 0 Å². The fourth-order valence-corrected chi connectivity index (χ4v) is 1.90. The van der Waals surface area contributed by atoms with Gasteiger partial charge in [0.15, 0.2) is 0 Å². The van der Waals surface area contributed by atoms with Crippen molar-refractivity contribution in [3.05, 3.63) is 21.9 Å². The van der Waals surface area contributed by atoms with Crippen LogP contribution in [-0.2, 0) is 22.4 Å². The summed E-state index contributed by atoms with van der Waals surface area (Å²) in [6.45, 7) is 2.02. The number of ketones is 1. The highest BCUT2D eigenvalue weighted by Gasteiger charge is 2.12. The van der Waals surface area contributed by atoms with Crippen molar-refractivity contribution in [2.75, 3.05) is 0 Å². The number of carboxylic acid groups (broad SMARTS) is 1. The normalized spacial score (nSPS) is 9.92. The maximum atomic E-state index is 10.8. The third-order valence-corrected chi connectivity index (χ3v) is 2.87. The number of rotatable bonds is 4. The fraction of sp³-hybridized carbons (Fsp3) is 0.333. The van der Waals surface area contributed by atoms with Gasteiger partial charge in [-0.1, -0.05) is 6.92 Å². The first-order valence-corrected chi connectivity index (χ1v) is 4.79. The molecule has 1 aromatic heterocycles. The zero-order chi connectivity index (χ0) is 9.84. The van der Waals surface area contributed by atoms with Gasteiger partial charge in [-0.3, -0.25) is 4.79 Å². The average molecular weight is 198 g/mol. The van der Waals surface area contributed by atoms with E-state index in [0.29, 0.717) is 0 Å². The fourth-order valence-electron chi connectivity index (χ4n) is 0.941. The van der Waals surface area contributed by atoms with E-state index in [0.717, 1.165) is 11.3 Å². The van der Waals surface area contributed by atoms with Gasteiger partial charge in [0.2, 0.25) is 5.78 Å². The number of carbonyl (C=O) groups is 2. The van der Waals surface area contributed by atoms with E-state index in [1.54, 1.807) is 0 Å². The zero-order valence-corrected chi connectivity index (χ0v) is 8.06. The van der Waals surface area contributed by atoms with E-state index in [1.165, 1.54) is 16.2 Å². The molecule has 1 rings (SSSR count). The van der Waals surface area contributed by atoms with E-state index in [2.05, 4.69) is 0 Å². The topological polar surface area (TPSA) is 54.4 Å². The number of carboxylic acids is 1. The molecule has 0 aromatic carbocycles. The Morgan fingerprint density at radius 2 is 2.00 bits per heavy atom. The molecule has 1 aromatic rings. The van der Waals surface area contributed by atoms with Gasteiger partial charge in [-0.15, -0.1) is 11.3 Å². The van der Waals surface area contributed by atoms with Gasteiger partial charge in [0, 0.05) is 9.75 Å². The van der Waals surface area contributed by atoms with Crippen molar-refractivity contribution in [3.8, 4) is 0 Å². The molecule has 13 heavy (non-hydrogen) atoms. The highest BCUT2D eigenvalue weighted by atomic mass is 32.1. The quantitative estimate of drug-likeness (QED) is 0.746. The molecule has 0 saturated heterocycles. The molecule has 0 amide bonds. The van der Waals surface area contributed by atoms with Gasteiger partial charge in [-0.2, -0.15) is 0 Å². The molecule has 70 valence electrons. The Hall–Kier alpha value is -1.16. The first-order valence-electron chi connectivity index (χ1n) is 3.97. The summed E-state index contributed by atoms with van der Waals surface area (Å²) >= 11 is 1.49. The largest absolute Gasteiger partial charge is 0.475 e. The van der Waals surface area contributed by atoms with Crippen LogP contribution in [0.15, 0.2) is 12.1 Å². The van der Waals surface area contributed by atoms with Gasteiger partial charge < -0.3 is 5.11 Å². The van der Waals surface area contributed by atoms with Crippen molar-refractivity contribution in [2.24, 2.45) is 0 Å². The van der Waals surface area contributed by atoms with E-state index in [9.17, 15) is 9.59 Å². The molecule has 0 aliphatic carbocycles. The minimum atomic E-state index is -1.36. The van der Waals surface area contributed by atoms with E-state index < -0.39 is 11.8 Å². The Kier molecular flexibility index (Phi) is 3.19. The van der Waals surface area contributed by atoms with Crippen LogP contribution in [0.3, 0.4) is 0 Å². The smallest absolute Gasteiger partial charge is 0.372 e. The van der Waals surface area contributed by atoms with Gasteiger partial charge in [-0.25, -0.2) is 4.79 Å². The standard InChI is InChI=1S/C9H10O3S/c1-2-6-3-4-7(13-6)5-8(10)9(11)12/h3-4H,2,5H2,1H3,(H,11,12). The van der Waals surface area contributed by atoms with Crippen molar-refractivity contribution in [1.29, 1.82) is 0 Å². The van der Waals surface area contributed by atoms with Crippen LogP contribution in [0.5, 0.6) is 0 Å². The molecule has 0 spiro atoms. The third kappa shape index (κ3) is 2.66. The summed E-state index contributed by atoms with van der Waals surface area (Å²) in [7, 11) is 0. The Morgan fingerprint density at radius 1 is 1.38 bits per heavy atom. The predicted molar refractivity (Wildman–Crippen MR) is 50.0 cm³/mol. The van der Waals surface area contributed by atoms with E-state index in [4.69, 9.17) is 5.11 Å². The molecule has 0 atom stereocenters. The van der Waals surface area contributed by atoms with Gasteiger partial charge in [0.25, 0.3) is 0 Å². The molecule has 0 bridgehead atoms. The minimum Gasteiger partial charge on any atom is -0.475 e. The molecule has 4 heteroatoms. The van der Waals surface area contributed by atoms with Crippen molar-refractivity contribution in [3.63, 3.8) is 0 Å². The van der Waals surface area contributed by atoms with Crippen LogP contribution in [0.2, 0.25) is 0 Å². The molecule has 0 radical (unpaired) electrons. The Balaban J connectivity index is 2.64. The predicted octanol–water partition coefficient (Wildman–Crippen LogP) is 1.51. The Bertz CT molecular complexity index is 327. The lowest BCUT2D eigenvalue weighted by atomic mass is 10.2. The minimum absolute atomic E-state index is 0.0139. The highest BCUT2D eigenvalue weighted by Crippen LogP contribution is 2.17. The maximum absolute atomic E-state index is 10.8. The summed E-state index contributed by atoms with van der Waals surface area (Å²) < 4.78 is 0. The second-order valence-corrected chi connectivity index (χ2v) is 3.88. The molecular weight excluding hydrogens is 188 g/mol. The van der Waals surface area contributed by atoms with Gasteiger partial charge in [0.1, 0.15) is 0 Å². The number of aryl methyl sites for hydroxylation is 1. The molecule has 1 heterocycles. The summed E-state index contributed by atoms with van der Waals surface area (Å²) in [4.78, 5) is 23.0. The molecule has 1 N–H and O–H groups in total. The molecule has 0 unspecified atom stereocenters. The summed E-state index contributed by atoms with van der Waals surface area (Å²) in [6.07, 6.45) is 0.936. The number of hydrogen-bond donors (Lipinski definition) is 1. The van der Waals surface area contributed by atoms with Crippen molar-refractivity contribution < 1.29 is 14.7 Å². The number of thiophene rings is 1. The molecule has 3 nitrogen and oxygen atoms in total. The number of hydrogen-bond acceptors (Lipinski definition) is 3. The first kappa shape index (κ1) is 9.92. The summed E-state index contributed by atoms with van der Waals surface area (Å²) in [5.74, 6) is -2.10. The van der Waals surface area contributed by atoms with Crippen molar-refractivity contribution in [1.82, 2.24) is 0 Å². The van der Waals surface area contributed by atoms with E-state index >= 15 is 0 Å². The average Bonchev–Trinajstić information content (AvgIpc) is 2.52. The summed E-state index contributed by atoms with van der Waals surface area (Å²) in [5, 5.41) is 8.36. The van der Waals surface area contributed by atoms with E-state index in [1.807, 2.05) is 19.1 Å². The van der Waals surface area contributed by atoms with Crippen LogP contribution in [0, 0.1) is 0 Å². The number of Topliss-reactive ketones (excluding diaryl/α,β-unsaturated/α-hetero) is 1. The summed E-state index contributed by atoms with van der Waals surface area (Å²) in [6, 6.07) is 3.74. The number of carbonyl (C=O) groups excluding carboxylic acids is 1. The summed E-state index contributed by atoms with van der Waals surface area (Å²) in [5.41, 5.74) is 0. The SMILES string of the molecule is CCc1ccc(CC(=O)C(=O)O)s1. The van der Waals surface area contributed by atoms with Crippen LogP contribution >= 0.6 is 11.3 Å². The van der Waals surface area contributed by atoms with Gasteiger partial charge >= 0.3 is 5.97 Å². The second kappa shape index (κ2) is 4.18. The molecular formula is C9H10O3S. The maximum Gasteiger partial charge on any atom is 0.372 e. The lowest BCUT2D eigenvalue weighted by Crippen LogP contribution is -2.14. The Labute approximate surface area is 80.0 Å². The first-order chi connectivity index (χ1) is 6.13. The van der Waals surface area contributed by atoms with Gasteiger partial charge in [-0.05, 0) is 18.6 Å². The third-order valence-electron chi connectivity index (χ3n) is 1.64. The van der Waals surface area contributed by atoms with Crippen molar-refractivity contribution in [2.45, 2.75) is 19.8 Å².